The van der Waals surface area contributed by atoms with Gasteiger partial charge < -0.3 is 4.90 Å². The van der Waals surface area contributed by atoms with Crippen LogP contribution >= 0.6 is 0 Å². The van der Waals surface area contributed by atoms with Crippen LogP contribution in [0.2, 0.25) is 0 Å². The van der Waals surface area contributed by atoms with Crippen LogP contribution in [-0.2, 0) is 10.8 Å². The smallest absolute Gasteiger partial charge is 0.0725 e. The van der Waals surface area contributed by atoms with Crippen LogP contribution in [0.1, 0.15) is 54.2 Å². The minimum atomic E-state index is -0.358. The number of fused-ring (bicyclic) bond motifs is 10. The molecule has 0 unspecified atom stereocenters. The molecular weight excluding hydrogens is 591 g/mol. The third kappa shape index (κ3) is 4.32. The van der Waals surface area contributed by atoms with Crippen molar-refractivity contribution in [1.82, 2.24) is 0 Å². The molecule has 0 saturated carbocycles. The molecule has 1 nitrogen and oxygen atoms in total. The first-order chi connectivity index (χ1) is 23.9. The molecule has 0 aliphatic heterocycles. The van der Waals surface area contributed by atoms with Crippen LogP contribution in [0.15, 0.2) is 164 Å². The second-order valence-corrected chi connectivity index (χ2v) is 14.6. The van der Waals surface area contributed by atoms with E-state index in [1.807, 2.05) is 0 Å². The molecule has 2 aliphatic rings. The Bertz CT molecular complexity index is 2330. The van der Waals surface area contributed by atoms with E-state index >= 15 is 0 Å². The predicted octanol–water partition coefficient (Wildman–Crippen LogP) is 12.8. The monoisotopic (exact) mass is 629 g/mol. The average Bonchev–Trinajstić information content (AvgIpc) is 3.59. The van der Waals surface area contributed by atoms with Crippen LogP contribution in [0, 0.1) is 6.92 Å². The quantitative estimate of drug-likeness (QED) is 0.187. The zero-order chi connectivity index (χ0) is 33.3. The molecule has 0 amide bonds. The minimum absolute atomic E-state index is 0.0701. The molecule has 0 radical (unpaired) electrons. The number of rotatable bonds is 4. The Balaban J connectivity index is 1.33. The van der Waals surface area contributed by atoms with E-state index < -0.39 is 0 Å². The molecule has 1 spiro atoms. The molecule has 1 heteroatoms. The minimum Gasteiger partial charge on any atom is -0.310 e. The highest BCUT2D eigenvalue weighted by Gasteiger charge is 2.51. The fraction of sp³-hybridized carbons (Fsp3) is 0.125. The van der Waals surface area contributed by atoms with Gasteiger partial charge in [0.15, 0.2) is 0 Å². The summed E-state index contributed by atoms with van der Waals surface area (Å²) in [7, 11) is 0. The Morgan fingerprint density at radius 1 is 0.429 bits per heavy atom. The Morgan fingerprint density at radius 2 is 0.918 bits per heavy atom. The van der Waals surface area contributed by atoms with Crippen molar-refractivity contribution in [3.05, 3.63) is 197 Å². The molecule has 0 heterocycles. The standard InChI is InChI=1S/C48H39N/c1-32-30-44-40(39-21-10-14-24-43(39)48(44)41-22-12-8-19-37(41)38-20-9-13-23-42(38)48)31-46(32)49(35-28-26-34(27-29-35)47(2,3)4)45-25-15-11-18-36(45)33-16-6-5-7-17-33/h5-31H,1-4H3. The molecule has 2 aliphatic carbocycles. The Hall–Kier alpha value is -5.66. The van der Waals surface area contributed by atoms with Gasteiger partial charge in [-0.15, -0.1) is 0 Å². The first-order valence-corrected chi connectivity index (χ1v) is 17.4. The number of nitrogens with zero attached hydrogens (tertiary/aromatic N) is 1. The zero-order valence-electron chi connectivity index (χ0n) is 28.5. The Labute approximate surface area is 290 Å². The molecule has 9 rings (SSSR count). The van der Waals surface area contributed by atoms with Crippen molar-refractivity contribution in [3.63, 3.8) is 0 Å². The molecule has 0 atom stereocenters. The van der Waals surface area contributed by atoms with E-state index in [1.165, 1.54) is 72.4 Å². The van der Waals surface area contributed by atoms with Gasteiger partial charge in [-0.25, -0.2) is 0 Å². The summed E-state index contributed by atoms with van der Waals surface area (Å²) in [5, 5.41) is 0. The second-order valence-electron chi connectivity index (χ2n) is 14.6. The lowest BCUT2D eigenvalue weighted by Crippen LogP contribution is -2.26. The van der Waals surface area contributed by atoms with Gasteiger partial charge in [-0.2, -0.15) is 0 Å². The number of hydrogen-bond acceptors (Lipinski definition) is 1. The van der Waals surface area contributed by atoms with E-state index in [1.54, 1.807) is 0 Å². The number of aryl methyl sites for hydroxylation is 1. The first kappa shape index (κ1) is 29.5. The van der Waals surface area contributed by atoms with Crippen molar-refractivity contribution in [2.45, 2.75) is 38.5 Å². The van der Waals surface area contributed by atoms with Crippen LogP contribution in [0.5, 0.6) is 0 Å². The maximum atomic E-state index is 2.49. The van der Waals surface area contributed by atoms with Gasteiger partial charge >= 0.3 is 0 Å². The molecule has 0 fully saturated rings. The highest BCUT2D eigenvalue weighted by atomic mass is 15.1. The molecule has 49 heavy (non-hydrogen) atoms. The maximum absolute atomic E-state index is 2.49. The third-order valence-electron chi connectivity index (χ3n) is 10.8. The highest BCUT2D eigenvalue weighted by Crippen LogP contribution is 2.63. The molecule has 0 bridgehead atoms. The fourth-order valence-corrected chi connectivity index (χ4v) is 8.52. The zero-order valence-corrected chi connectivity index (χ0v) is 28.5. The molecule has 0 saturated heterocycles. The molecule has 7 aromatic rings. The Morgan fingerprint density at radius 3 is 1.49 bits per heavy atom. The lowest BCUT2D eigenvalue weighted by molar-refractivity contribution is 0.590. The SMILES string of the molecule is Cc1cc2c(cc1N(c1ccc(C(C)(C)C)cc1)c1ccccc1-c1ccccc1)-c1ccccc1C21c2ccccc2-c2ccccc21. The van der Waals surface area contributed by atoms with Gasteiger partial charge in [0.1, 0.15) is 0 Å². The van der Waals surface area contributed by atoms with Gasteiger partial charge in [0, 0.05) is 16.9 Å². The van der Waals surface area contributed by atoms with Gasteiger partial charge in [0.05, 0.1) is 11.1 Å². The second kappa shape index (κ2) is 10.9. The van der Waals surface area contributed by atoms with Crippen molar-refractivity contribution in [1.29, 1.82) is 0 Å². The van der Waals surface area contributed by atoms with Gasteiger partial charge in [-0.05, 0) is 97.8 Å². The summed E-state index contributed by atoms with van der Waals surface area (Å²) in [4.78, 5) is 2.48. The van der Waals surface area contributed by atoms with Crippen LogP contribution in [0.25, 0.3) is 33.4 Å². The van der Waals surface area contributed by atoms with Crippen LogP contribution in [-0.4, -0.2) is 0 Å². The van der Waals surface area contributed by atoms with Crippen molar-refractivity contribution >= 4 is 17.1 Å². The van der Waals surface area contributed by atoms with Crippen molar-refractivity contribution in [2.24, 2.45) is 0 Å². The van der Waals surface area contributed by atoms with Crippen molar-refractivity contribution < 1.29 is 0 Å². The van der Waals surface area contributed by atoms with Crippen LogP contribution in [0.3, 0.4) is 0 Å². The average molecular weight is 630 g/mol. The number of benzene rings is 7. The summed E-state index contributed by atoms with van der Waals surface area (Å²) in [6.07, 6.45) is 0. The normalized spacial score (nSPS) is 13.5. The molecule has 0 aromatic heterocycles. The van der Waals surface area contributed by atoms with Gasteiger partial charge in [0.25, 0.3) is 0 Å². The van der Waals surface area contributed by atoms with E-state index in [2.05, 4.69) is 196 Å². The Kier molecular flexibility index (Phi) is 6.58. The lowest BCUT2D eigenvalue weighted by atomic mass is 9.70. The van der Waals surface area contributed by atoms with Gasteiger partial charge in [0.2, 0.25) is 0 Å². The largest absolute Gasteiger partial charge is 0.310 e. The lowest BCUT2D eigenvalue weighted by Gasteiger charge is -2.33. The van der Waals surface area contributed by atoms with E-state index in [4.69, 9.17) is 0 Å². The number of hydrogen-bond donors (Lipinski definition) is 0. The molecule has 0 N–H and O–H groups in total. The summed E-state index contributed by atoms with van der Waals surface area (Å²) in [6.45, 7) is 9.13. The van der Waals surface area contributed by atoms with Crippen LogP contribution < -0.4 is 4.90 Å². The molecular formula is C48H39N. The molecule has 236 valence electrons. The van der Waals surface area contributed by atoms with Crippen LogP contribution in [0.4, 0.5) is 17.1 Å². The third-order valence-corrected chi connectivity index (χ3v) is 10.8. The van der Waals surface area contributed by atoms with Crippen molar-refractivity contribution in [2.75, 3.05) is 4.90 Å². The summed E-state index contributed by atoms with van der Waals surface area (Å²) in [5.74, 6) is 0. The van der Waals surface area contributed by atoms with Crippen molar-refractivity contribution in [3.8, 4) is 33.4 Å². The predicted molar refractivity (Wildman–Crippen MR) is 206 cm³/mol. The van der Waals surface area contributed by atoms with E-state index in [9.17, 15) is 0 Å². The summed E-state index contributed by atoms with van der Waals surface area (Å²) >= 11 is 0. The highest BCUT2D eigenvalue weighted by molar-refractivity contribution is 5.98. The summed E-state index contributed by atoms with van der Waals surface area (Å²) in [6, 6.07) is 60.9. The fourth-order valence-electron chi connectivity index (χ4n) is 8.52. The topological polar surface area (TPSA) is 3.24 Å². The molecule has 7 aromatic carbocycles. The maximum Gasteiger partial charge on any atom is 0.0725 e. The van der Waals surface area contributed by atoms with E-state index in [0.29, 0.717) is 0 Å². The van der Waals surface area contributed by atoms with E-state index in [0.717, 1.165) is 11.4 Å². The number of para-hydroxylation sites is 1. The summed E-state index contributed by atoms with van der Waals surface area (Å²) < 4.78 is 0. The number of anilines is 3. The summed E-state index contributed by atoms with van der Waals surface area (Å²) in [5.41, 5.74) is 19.0. The van der Waals surface area contributed by atoms with E-state index in [-0.39, 0.29) is 10.8 Å². The first-order valence-electron chi connectivity index (χ1n) is 17.4. The van der Waals surface area contributed by atoms with Gasteiger partial charge in [-0.1, -0.05) is 160 Å². The van der Waals surface area contributed by atoms with Gasteiger partial charge in [-0.3, -0.25) is 0 Å².